The van der Waals surface area contributed by atoms with Crippen LogP contribution in [0.4, 0.5) is 4.39 Å². The third-order valence-electron chi connectivity index (χ3n) is 5.13. The predicted molar refractivity (Wildman–Crippen MR) is 112 cm³/mol. The van der Waals surface area contributed by atoms with Gasteiger partial charge in [0.15, 0.2) is 5.82 Å². The van der Waals surface area contributed by atoms with Crippen molar-refractivity contribution in [2.45, 2.75) is 24.7 Å². The lowest BCUT2D eigenvalue weighted by Gasteiger charge is -2.10. The Balaban J connectivity index is 1.47. The molecule has 0 bridgehead atoms. The molecule has 13 heteroatoms. The molecular formula is C19H20ClFN6O4S. The monoisotopic (exact) mass is 482 g/mol. The lowest BCUT2D eigenvalue weighted by Crippen LogP contribution is -2.31. The average Bonchev–Trinajstić information content (AvgIpc) is 3.20. The van der Waals surface area contributed by atoms with Crippen LogP contribution in [0, 0.1) is 12.3 Å². The van der Waals surface area contributed by atoms with E-state index in [4.69, 9.17) is 16.3 Å². The molecular weight excluding hydrogens is 463 g/mol. The summed E-state index contributed by atoms with van der Waals surface area (Å²) in [4.78, 5) is 16.5. The first kappa shape index (κ1) is 22.2. The minimum Gasteiger partial charge on any atom is -0.476 e. The van der Waals surface area contributed by atoms with E-state index in [0.29, 0.717) is 11.7 Å². The quantitative estimate of drug-likeness (QED) is 0.488. The fraction of sp³-hybridized carbons (Fsp3) is 0.368. The first-order chi connectivity index (χ1) is 15.1. The number of ether oxygens (including phenoxy) is 1. The molecule has 0 radical (unpaired) electrons. The maximum atomic E-state index is 13.0. The van der Waals surface area contributed by atoms with E-state index in [1.165, 1.54) is 34.6 Å². The lowest BCUT2D eigenvalue weighted by molar-refractivity contribution is 0.0981. The Hall–Kier alpha value is -2.99. The van der Waals surface area contributed by atoms with Crippen LogP contribution in [0.5, 0.6) is 5.88 Å². The third kappa shape index (κ3) is 4.46. The fourth-order valence-electron chi connectivity index (χ4n) is 3.03. The summed E-state index contributed by atoms with van der Waals surface area (Å²) in [5.74, 6) is -0.330. The predicted octanol–water partition coefficient (Wildman–Crippen LogP) is 2.21. The van der Waals surface area contributed by atoms with Gasteiger partial charge in [-0.15, -0.1) is 5.10 Å². The van der Waals surface area contributed by atoms with Gasteiger partial charge in [0.2, 0.25) is 5.88 Å². The molecule has 0 unspecified atom stereocenters. The van der Waals surface area contributed by atoms with Crippen molar-refractivity contribution in [3.63, 3.8) is 0 Å². The summed E-state index contributed by atoms with van der Waals surface area (Å²) in [5.41, 5.74) is -0.263. The zero-order chi connectivity index (χ0) is 23.1. The van der Waals surface area contributed by atoms with E-state index in [2.05, 4.69) is 15.2 Å². The molecule has 0 aliphatic heterocycles. The van der Waals surface area contributed by atoms with Gasteiger partial charge >= 0.3 is 0 Å². The number of nitrogens with one attached hydrogen (secondary N) is 1. The number of hydrogen-bond donors (Lipinski definition) is 1. The molecule has 170 valence electrons. The number of pyridine rings is 1. The molecule has 1 saturated carbocycles. The Morgan fingerprint density at radius 2 is 2.06 bits per heavy atom. The summed E-state index contributed by atoms with van der Waals surface area (Å²) < 4.78 is 48.2. The van der Waals surface area contributed by atoms with Gasteiger partial charge in [0, 0.05) is 30.9 Å². The van der Waals surface area contributed by atoms with Gasteiger partial charge in [-0.2, -0.15) is 5.10 Å². The molecule has 0 saturated heterocycles. The van der Waals surface area contributed by atoms with Crippen LogP contribution in [-0.2, 0) is 17.1 Å². The molecule has 4 rings (SSSR count). The van der Waals surface area contributed by atoms with E-state index < -0.39 is 28.0 Å². The number of halogens is 2. The van der Waals surface area contributed by atoms with Crippen molar-refractivity contribution in [1.82, 2.24) is 29.3 Å². The summed E-state index contributed by atoms with van der Waals surface area (Å²) in [6.07, 6.45) is 4.46. The van der Waals surface area contributed by atoms with Crippen LogP contribution in [0.15, 0.2) is 35.5 Å². The van der Waals surface area contributed by atoms with Gasteiger partial charge < -0.3 is 4.74 Å². The molecule has 0 spiro atoms. The number of nitrogens with zero attached hydrogens (tertiary/aromatic N) is 5. The molecule has 1 N–H and O–H groups in total. The number of aromatic nitrogens is 5. The first-order valence-corrected chi connectivity index (χ1v) is 11.5. The van der Waals surface area contributed by atoms with E-state index >= 15 is 0 Å². The number of hydrogen-bond acceptors (Lipinski definition) is 7. The van der Waals surface area contributed by atoms with E-state index in [0.717, 1.165) is 12.8 Å². The van der Waals surface area contributed by atoms with Gasteiger partial charge in [-0.25, -0.2) is 22.8 Å². The molecule has 1 aliphatic carbocycles. The topological polar surface area (TPSA) is 121 Å². The highest BCUT2D eigenvalue weighted by Gasteiger charge is 2.44. The van der Waals surface area contributed by atoms with Gasteiger partial charge in [-0.3, -0.25) is 13.9 Å². The zero-order valence-electron chi connectivity index (χ0n) is 17.2. The summed E-state index contributed by atoms with van der Waals surface area (Å²) in [7, 11) is -2.57. The Kier molecular flexibility index (Phi) is 5.67. The van der Waals surface area contributed by atoms with Crippen molar-refractivity contribution < 1.29 is 22.3 Å². The number of carbonyl (C=O) groups excluding carboxylic acids is 1. The SMILES string of the molecule is Cc1nn(C)cc1S(=O)(=O)NC(=O)c1ccc(-n2ccc(OCC3(CF)CC3)n2)nc1Cl. The number of carbonyl (C=O) groups is 1. The van der Waals surface area contributed by atoms with E-state index in [-0.39, 0.29) is 27.9 Å². The standard InChI is InChI=1S/C19H20ClFN6O4S/c1-12-14(9-26(2)23-12)32(29,30)25-18(28)13-3-4-15(22-17(13)20)27-8-5-16(24-27)31-11-19(10-21)6-7-19/h3-5,8-9H,6-7,10-11H2,1-2H3,(H,25,28). The van der Waals surface area contributed by atoms with E-state index in [1.54, 1.807) is 19.3 Å². The molecule has 3 heterocycles. The maximum Gasteiger partial charge on any atom is 0.268 e. The minimum absolute atomic E-state index is 0.112. The number of amides is 1. The molecule has 3 aromatic rings. The molecule has 3 aromatic heterocycles. The summed E-state index contributed by atoms with van der Waals surface area (Å²) >= 11 is 6.14. The molecule has 1 aliphatic rings. The highest BCUT2D eigenvalue weighted by Crippen LogP contribution is 2.46. The Labute approximate surface area is 188 Å². The fourth-order valence-corrected chi connectivity index (χ4v) is 4.45. The van der Waals surface area contributed by atoms with Crippen LogP contribution >= 0.6 is 11.6 Å². The van der Waals surface area contributed by atoms with Gasteiger partial charge in [0.25, 0.3) is 15.9 Å². The number of sulfonamides is 1. The summed E-state index contributed by atoms with van der Waals surface area (Å²) in [6, 6.07) is 4.41. The van der Waals surface area contributed by atoms with Crippen LogP contribution in [-0.4, -0.2) is 52.2 Å². The Morgan fingerprint density at radius 1 is 1.31 bits per heavy atom. The van der Waals surface area contributed by atoms with Crippen LogP contribution in [0.25, 0.3) is 5.82 Å². The second-order valence-corrected chi connectivity index (χ2v) is 9.72. The van der Waals surface area contributed by atoms with Crippen LogP contribution < -0.4 is 9.46 Å². The number of rotatable bonds is 8. The minimum atomic E-state index is -4.14. The van der Waals surface area contributed by atoms with Crippen molar-refractivity contribution in [3.8, 4) is 11.7 Å². The maximum absolute atomic E-state index is 13.0. The second-order valence-electron chi connectivity index (χ2n) is 7.72. The molecule has 10 nitrogen and oxygen atoms in total. The van der Waals surface area contributed by atoms with Crippen LogP contribution in [0.2, 0.25) is 5.15 Å². The summed E-state index contributed by atoms with van der Waals surface area (Å²) in [6.45, 7) is 1.34. The van der Waals surface area contributed by atoms with Gasteiger partial charge in [-0.05, 0) is 31.9 Å². The Bertz CT molecular complexity index is 1280. The second kappa shape index (κ2) is 8.17. The van der Waals surface area contributed by atoms with E-state index in [9.17, 15) is 17.6 Å². The van der Waals surface area contributed by atoms with Gasteiger partial charge in [0.05, 0.1) is 24.5 Å². The average molecular weight is 483 g/mol. The summed E-state index contributed by atoms with van der Waals surface area (Å²) in [5, 5.41) is 7.98. The molecule has 0 atom stereocenters. The van der Waals surface area contributed by atoms with Crippen molar-refractivity contribution >= 4 is 27.5 Å². The van der Waals surface area contributed by atoms with Crippen LogP contribution in [0.3, 0.4) is 0 Å². The van der Waals surface area contributed by atoms with Crippen molar-refractivity contribution in [3.05, 3.63) is 47.0 Å². The van der Waals surface area contributed by atoms with Gasteiger partial charge in [-0.1, -0.05) is 11.6 Å². The molecule has 1 amide bonds. The van der Waals surface area contributed by atoms with Gasteiger partial charge in [0.1, 0.15) is 10.0 Å². The first-order valence-electron chi connectivity index (χ1n) is 9.61. The highest BCUT2D eigenvalue weighted by molar-refractivity contribution is 7.90. The van der Waals surface area contributed by atoms with Crippen molar-refractivity contribution in [2.24, 2.45) is 12.5 Å². The Morgan fingerprint density at radius 3 is 2.66 bits per heavy atom. The van der Waals surface area contributed by atoms with Crippen LogP contribution in [0.1, 0.15) is 28.9 Å². The molecule has 0 aromatic carbocycles. The smallest absolute Gasteiger partial charge is 0.268 e. The normalized spacial score (nSPS) is 14.9. The molecule has 32 heavy (non-hydrogen) atoms. The highest BCUT2D eigenvalue weighted by atomic mass is 35.5. The van der Waals surface area contributed by atoms with E-state index in [1.807, 2.05) is 4.72 Å². The largest absolute Gasteiger partial charge is 0.476 e. The van der Waals surface area contributed by atoms with Crippen molar-refractivity contribution in [2.75, 3.05) is 13.3 Å². The number of alkyl halides is 1. The zero-order valence-corrected chi connectivity index (χ0v) is 18.8. The molecule has 1 fully saturated rings. The third-order valence-corrected chi connectivity index (χ3v) is 6.85. The number of aryl methyl sites for hydroxylation is 2. The van der Waals surface area contributed by atoms with Crippen molar-refractivity contribution in [1.29, 1.82) is 0 Å². The lowest BCUT2D eigenvalue weighted by atomic mass is 10.1.